The summed E-state index contributed by atoms with van der Waals surface area (Å²) in [6, 6.07) is 6.64. The van der Waals surface area contributed by atoms with E-state index in [1.54, 1.807) is 12.1 Å². The Labute approximate surface area is 107 Å². The van der Waals surface area contributed by atoms with E-state index in [4.69, 9.17) is 10.00 Å². The van der Waals surface area contributed by atoms with Gasteiger partial charge in [-0.25, -0.2) is 4.39 Å². The molecule has 2 atom stereocenters. The van der Waals surface area contributed by atoms with Crippen LogP contribution in [0.25, 0.3) is 0 Å². The number of nitrogens with one attached hydrogen (secondary N) is 1. The second kappa shape index (κ2) is 5.36. The largest absolute Gasteiger partial charge is 0.380 e. The Morgan fingerprint density at radius 2 is 2.00 bits per heavy atom. The predicted octanol–water partition coefficient (Wildman–Crippen LogP) is 3.07. The first kappa shape index (κ1) is 12.8. The number of benzene rings is 1. The van der Waals surface area contributed by atoms with Crippen LogP contribution in [0.5, 0.6) is 0 Å². The molecule has 0 aromatic heterocycles. The molecule has 1 aliphatic rings. The number of ether oxygens (including phenoxy) is 1. The molecule has 1 fully saturated rings. The van der Waals surface area contributed by atoms with E-state index in [9.17, 15) is 4.39 Å². The molecule has 2 unspecified atom stereocenters. The van der Waals surface area contributed by atoms with Gasteiger partial charge in [0.25, 0.3) is 0 Å². The minimum Gasteiger partial charge on any atom is -0.380 e. The van der Waals surface area contributed by atoms with Crippen molar-refractivity contribution < 1.29 is 9.13 Å². The summed E-state index contributed by atoms with van der Waals surface area (Å²) in [5, 5.41) is 11.9. The van der Waals surface area contributed by atoms with Crippen molar-refractivity contribution in [1.29, 1.82) is 5.26 Å². The first-order valence-electron chi connectivity index (χ1n) is 6.20. The number of rotatable bonds is 2. The van der Waals surface area contributed by atoms with Crippen molar-refractivity contribution in [3.05, 3.63) is 29.6 Å². The Balaban J connectivity index is 2.07. The molecule has 0 aliphatic carbocycles. The van der Waals surface area contributed by atoms with Crippen LogP contribution in [-0.2, 0) is 4.74 Å². The minimum absolute atomic E-state index is 0.188. The highest BCUT2D eigenvalue weighted by atomic mass is 19.1. The van der Waals surface area contributed by atoms with E-state index < -0.39 is 0 Å². The summed E-state index contributed by atoms with van der Waals surface area (Å²) in [6.07, 6.45) is 2.11. The maximum atomic E-state index is 13.7. The highest BCUT2D eigenvalue weighted by molar-refractivity contribution is 5.49. The van der Waals surface area contributed by atoms with Gasteiger partial charge in [0.2, 0.25) is 0 Å². The van der Waals surface area contributed by atoms with Gasteiger partial charge in [0.05, 0.1) is 29.5 Å². The third kappa shape index (κ3) is 2.99. The van der Waals surface area contributed by atoms with Gasteiger partial charge in [-0.2, -0.15) is 5.26 Å². The molecule has 1 aliphatic heterocycles. The smallest absolute Gasteiger partial charge is 0.147 e. The van der Waals surface area contributed by atoms with Crippen LogP contribution in [0.4, 0.5) is 10.1 Å². The van der Waals surface area contributed by atoms with Crippen LogP contribution in [-0.4, -0.2) is 18.2 Å². The van der Waals surface area contributed by atoms with E-state index in [-0.39, 0.29) is 24.1 Å². The number of nitriles is 1. The van der Waals surface area contributed by atoms with Crippen molar-refractivity contribution in [2.75, 3.05) is 5.32 Å². The zero-order chi connectivity index (χ0) is 13.1. The van der Waals surface area contributed by atoms with Crippen molar-refractivity contribution in [3.63, 3.8) is 0 Å². The Morgan fingerprint density at radius 3 is 2.56 bits per heavy atom. The lowest BCUT2D eigenvalue weighted by Crippen LogP contribution is -2.37. The summed E-state index contributed by atoms with van der Waals surface area (Å²) in [4.78, 5) is 0. The van der Waals surface area contributed by atoms with E-state index in [1.807, 2.05) is 19.9 Å². The standard InChI is InChI=1S/C14H17FN2O/c1-9-5-12(6-10(2)18-9)17-14-4-3-11(8-16)7-13(14)15/h3-4,7,9-10,12,17H,5-6H2,1-2H3. The average molecular weight is 248 g/mol. The van der Waals surface area contributed by atoms with Gasteiger partial charge in [-0.15, -0.1) is 0 Å². The number of halogens is 1. The predicted molar refractivity (Wildman–Crippen MR) is 67.8 cm³/mol. The maximum Gasteiger partial charge on any atom is 0.147 e. The molecule has 96 valence electrons. The summed E-state index contributed by atoms with van der Waals surface area (Å²) in [5.41, 5.74) is 0.798. The third-order valence-corrected chi connectivity index (χ3v) is 3.16. The monoisotopic (exact) mass is 248 g/mol. The van der Waals surface area contributed by atoms with Crippen LogP contribution in [0.3, 0.4) is 0 Å². The van der Waals surface area contributed by atoms with Crippen molar-refractivity contribution in [1.82, 2.24) is 0 Å². The van der Waals surface area contributed by atoms with Gasteiger partial charge >= 0.3 is 0 Å². The molecule has 1 N–H and O–H groups in total. The molecule has 0 spiro atoms. The molecule has 2 rings (SSSR count). The fourth-order valence-electron chi connectivity index (χ4n) is 2.44. The van der Waals surface area contributed by atoms with Crippen LogP contribution in [0.1, 0.15) is 32.3 Å². The lowest BCUT2D eigenvalue weighted by molar-refractivity contribution is -0.0338. The summed E-state index contributed by atoms with van der Waals surface area (Å²) < 4.78 is 19.4. The van der Waals surface area contributed by atoms with E-state index in [2.05, 4.69) is 5.32 Å². The van der Waals surface area contributed by atoms with Gasteiger partial charge in [0, 0.05) is 6.04 Å². The molecule has 1 heterocycles. The van der Waals surface area contributed by atoms with E-state index >= 15 is 0 Å². The first-order valence-corrected chi connectivity index (χ1v) is 6.20. The topological polar surface area (TPSA) is 45.0 Å². The highest BCUT2D eigenvalue weighted by Gasteiger charge is 2.24. The van der Waals surface area contributed by atoms with Gasteiger partial charge in [-0.3, -0.25) is 0 Å². The Morgan fingerprint density at radius 1 is 1.33 bits per heavy atom. The van der Waals surface area contributed by atoms with Gasteiger partial charge in [-0.1, -0.05) is 0 Å². The van der Waals surface area contributed by atoms with Gasteiger partial charge in [0.1, 0.15) is 5.82 Å². The van der Waals surface area contributed by atoms with E-state index in [0.29, 0.717) is 11.3 Å². The van der Waals surface area contributed by atoms with Crippen molar-refractivity contribution in [2.24, 2.45) is 0 Å². The number of anilines is 1. The zero-order valence-corrected chi connectivity index (χ0v) is 10.6. The Kier molecular flexibility index (Phi) is 3.83. The van der Waals surface area contributed by atoms with Gasteiger partial charge < -0.3 is 10.1 Å². The first-order chi connectivity index (χ1) is 8.58. The maximum absolute atomic E-state index is 13.7. The number of hydrogen-bond acceptors (Lipinski definition) is 3. The SMILES string of the molecule is CC1CC(Nc2ccc(C#N)cc2F)CC(C)O1. The van der Waals surface area contributed by atoms with E-state index in [1.165, 1.54) is 6.07 Å². The lowest BCUT2D eigenvalue weighted by atomic mass is 9.99. The van der Waals surface area contributed by atoms with Crippen LogP contribution in [0.15, 0.2) is 18.2 Å². The fourth-order valence-corrected chi connectivity index (χ4v) is 2.44. The van der Waals surface area contributed by atoms with Crippen LogP contribution < -0.4 is 5.32 Å². The molecule has 3 nitrogen and oxygen atoms in total. The fraction of sp³-hybridized carbons (Fsp3) is 0.500. The van der Waals surface area contributed by atoms with Crippen molar-refractivity contribution in [3.8, 4) is 6.07 Å². The van der Waals surface area contributed by atoms with Gasteiger partial charge in [0.15, 0.2) is 0 Å². The molecule has 0 radical (unpaired) electrons. The molecular weight excluding hydrogens is 231 g/mol. The van der Waals surface area contributed by atoms with Crippen LogP contribution in [0.2, 0.25) is 0 Å². The van der Waals surface area contributed by atoms with Gasteiger partial charge in [-0.05, 0) is 44.9 Å². The zero-order valence-electron chi connectivity index (χ0n) is 10.6. The highest BCUT2D eigenvalue weighted by Crippen LogP contribution is 2.24. The lowest BCUT2D eigenvalue weighted by Gasteiger charge is -2.33. The average Bonchev–Trinajstić information content (AvgIpc) is 2.30. The molecule has 0 saturated carbocycles. The molecular formula is C14H17FN2O. The molecule has 4 heteroatoms. The summed E-state index contributed by atoms with van der Waals surface area (Å²) in [6.45, 7) is 4.05. The summed E-state index contributed by atoms with van der Waals surface area (Å²) in [7, 11) is 0. The molecule has 1 aromatic carbocycles. The number of nitrogens with zero attached hydrogens (tertiary/aromatic N) is 1. The molecule has 0 amide bonds. The quantitative estimate of drug-likeness (QED) is 0.874. The van der Waals surface area contributed by atoms with Crippen LogP contribution in [0, 0.1) is 17.1 Å². The summed E-state index contributed by atoms with van der Waals surface area (Å²) >= 11 is 0. The summed E-state index contributed by atoms with van der Waals surface area (Å²) in [5.74, 6) is -0.374. The second-order valence-corrected chi connectivity index (χ2v) is 4.88. The molecule has 1 aromatic rings. The van der Waals surface area contributed by atoms with Crippen LogP contribution >= 0.6 is 0 Å². The molecule has 0 bridgehead atoms. The Hall–Kier alpha value is -1.60. The Bertz CT molecular complexity index is 459. The molecule has 1 saturated heterocycles. The normalized spacial score (nSPS) is 27.6. The third-order valence-electron chi connectivity index (χ3n) is 3.16. The molecule has 18 heavy (non-hydrogen) atoms. The number of hydrogen-bond donors (Lipinski definition) is 1. The second-order valence-electron chi connectivity index (χ2n) is 4.88. The minimum atomic E-state index is -0.374. The van der Waals surface area contributed by atoms with Crippen molar-refractivity contribution >= 4 is 5.69 Å². The van der Waals surface area contributed by atoms with Crippen molar-refractivity contribution in [2.45, 2.75) is 44.9 Å². The van der Waals surface area contributed by atoms with E-state index in [0.717, 1.165) is 12.8 Å².